The zero-order valence-corrected chi connectivity index (χ0v) is 7.98. The molecule has 11 heavy (non-hydrogen) atoms. The van der Waals surface area contributed by atoms with E-state index in [0.29, 0.717) is 5.78 Å². The first kappa shape index (κ1) is 10.6. The van der Waals surface area contributed by atoms with E-state index in [0.717, 1.165) is 12.8 Å². The minimum absolute atomic E-state index is 0.0694. The Bertz CT molecular complexity index is 121. The predicted octanol–water partition coefficient (Wildman–Crippen LogP) is 1.60. The molecule has 0 spiro atoms. The smallest absolute Gasteiger partial charge is 0.152 e. The standard InChI is InChI=1S/C9H19NO/c1-5-6-8(10-4)9(11)7(2)3/h7-8,10H,5-6H2,1-4H3. The fourth-order valence-electron chi connectivity index (χ4n) is 1.12. The van der Waals surface area contributed by atoms with Crippen LogP contribution in [-0.4, -0.2) is 18.9 Å². The second kappa shape index (κ2) is 5.30. The molecular weight excluding hydrogens is 138 g/mol. The highest BCUT2D eigenvalue weighted by Gasteiger charge is 2.17. The average molecular weight is 157 g/mol. The van der Waals surface area contributed by atoms with Crippen molar-refractivity contribution in [1.29, 1.82) is 0 Å². The number of likely N-dealkylation sites (N-methyl/N-ethyl adjacent to an activating group) is 1. The minimum Gasteiger partial charge on any atom is -0.311 e. The predicted molar refractivity (Wildman–Crippen MR) is 47.6 cm³/mol. The van der Waals surface area contributed by atoms with Gasteiger partial charge in [0.25, 0.3) is 0 Å². The molecule has 0 aliphatic rings. The summed E-state index contributed by atoms with van der Waals surface area (Å²) in [5.41, 5.74) is 0. The van der Waals surface area contributed by atoms with Crippen molar-refractivity contribution in [2.75, 3.05) is 7.05 Å². The lowest BCUT2D eigenvalue weighted by molar-refractivity contribution is -0.124. The summed E-state index contributed by atoms with van der Waals surface area (Å²) >= 11 is 0. The number of nitrogens with one attached hydrogen (secondary N) is 1. The van der Waals surface area contributed by atoms with Crippen molar-refractivity contribution < 1.29 is 4.79 Å². The van der Waals surface area contributed by atoms with Gasteiger partial charge in [-0.15, -0.1) is 0 Å². The number of ketones is 1. The molecule has 1 unspecified atom stereocenters. The third kappa shape index (κ3) is 3.51. The minimum atomic E-state index is 0.0694. The summed E-state index contributed by atoms with van der Waals surface area (Å²) in [5, 5.41) is 3.03. The molecule has 1 atom stereocenters. The van der Waals surface area contributed by atoms with Crippen molar-refractivity contribution in [3.63, 3.8) is 0 Å². The zero-order chi connectivity index (χ0) is 8.85. The Balaban J connectivity index is 3.92. The summed E-state index contributed by atoms with van der Waals surface area (Å²) in [6.45, 7) is 5.99. The van der Waals surface area contributed by atoms with E-state index in [-0.39, 0.29) is 12.0 Å². The topological polar surface area (TPSA) is 29.1 Å². The Labute approximate surface area is 69.4 Å². The molecule has 0 aromatic heterocycles. The number of hydrogen-bond donors (Lipinski definition) is 1. The van der Waals surface area contributed by atoms with Gasteiger partial charge in [-0.1, -0.05) is 27.2 Å². The van der Waals surface area contributed by atoms with E-state index in [4.69, 9.17) is 0 Å². The van der Waals surface area contributed by atoms with Crippen LogP contribution in [0, 0.1) is 5.92 Å². The maximum Gasteiger partial charge on any atom is 0.152 e. The van der Waals surface area contributed by atoms with Gasteiger partial charge in [0.2, 0.25) is 0 Å². The van der Waals surface area contributed by atoms with Gasteiger partial charge in [0.1, 0.15) is 0 Å². The van der Waals surface area contributed by atoms with Crippen LogP contribution in [-0.2, 0) is 4.79 Å². The largest absolute Gasteiger partial charge is 0.311 e. The molecule has 0 rings (SSSR count). The maximum atomic E-state index is 11.4. The molecule has 2 nitrogen and oxygen atoms in total. The number of carbonyl (C=O) groups excluding carboxylic acids is 1. The average Bonchev–Trinajstić information content (AvgIpc) is 1.98. The van der Waals surface area contributed by atoms with Crippen LogP contribution in [0.4, 0.5) is 0 Å². The Morgan fingerprint density at radius 3 is 2.27 bits per heavy atom. The molecule has 0 saturated carbocycles. The third-order valence-electron chi connectivity index (χ3n) is 1.84. The van der Waals surface area contributed by atoms with E-state index in [1.165, 1.54) is 0 Å². The lowest BCUT2D eigenvalue weighted by Crippen LogP contribution is -2.36. The monoisotopic (exact) mass is 157 g/mol. The van der Waals surface area contributed by atoms with Gasteiger partial charge in [-0.25, -0.2) is 0 Å². The molecule has 0 bridgehead atoms. The van der Waals surface area contributed by atoms with Gasteiger partial charge in [0.15, 0.2) is 5.78 Å². The molecule has 0 radical (unpaired) electrons. The van der Waals surface area contributed by atoms with Crippen LogP contribution in [0.3, 0.4) is 0 Å². The van der Waals surface area contributed by atoms with E-state index in [1.54, 1.807) is 0 Å². The first-order valence-electron chi connectivity index (χ1n) is 4.34. The van der Waals surface area contributed by atoms with E-state index >= 15 is 0 Å². The fraction of sp³-hybridized carbons (Fsp3) is 0.889. The Morgan fingerprint density at radius 1 is 1.45 bits per heavy atom. The summed E-state index contributed by atoms with van der Waals surface area (Å²) in [7, 11) is 1.85. The highest BCUT2D eigenvalue weighted by Crippen LogP contribution is 2.04. The van der Waals surface area contributed by atoms with Crippen molar-refractivity contribution in [2.24, 2.45) is 5.92 Å². The molecule has 1 N–H and O–H groups in total. The molecule has 0 amide bonds. The van der Waals surface area contributed by atoms with Gasteiger partial charge in [-0.2, -0.15) is 0 Å². The SMILES string of the molecule is CCCC(NC)C(=O)C(C)C. The van der Waals surface area contributed by atoms with Gasteiger partial charge in [0.05, 0.1) is 6.04 Å². The number of carbonyl (C=O) groups is 1. The molecule has 0 aromatic rings. The van der Waals surface area contributed by atoms with E-state index in [2.05, 4.69) is 12.2 Å². The van der Waals surface area contributed by atoms with Gasteiger partial charge in [-0.3, -0.25) is 4.79 Å². The van der Waals surface area contributed by atoms with Gasteiger partial charge in [-0.05, 0) is 13.5 Å². The highest BCUT2D eigenvalue weighted by molar-refractivity contribution is 5.85. The second-order valence-electron chi connectivity index (χ2n) is 3.19. The number of Topliss-reactive ketones (excluding diaryl/α,β-unsaturated/α-hetero) is 1. The molecule has 0 fully saturated rings. The van der Waals surface area contributed by atoms with Crippen LogP contribution in [0.25, 0.3) is 0 Å². The van der Waals surface area contributed by atoms with Crippen molar-refractivity contribution in [2.45, 2.75) is 39.7 Å². The third-order valence-corrected chi connectivity index (χ3v) is 1.84. The van der Waals surface area contributed by atoms with Gasteiger partial charge < -0.3 is 5.32 Å². The van der Waals surface area contributed by atoms with Crippen LogP contribution in [0.2, 0.25) is 0 Å². The lowest BCUT2D eigenvalue weighted by atomic mass is 9.98. The summed E-state index contributed by atoms with van der Waals surface area (Å²) in [6.07, 6.45) is 2.01. The van der Waals surface area contributed by atoms with E-state index in [1.807, 2.05) is 20.9 Å². The van der Waals surface area contributed by atoms with Crippen LogP contribution in [0.1, 0.15) is 33.6 Å². The molecule has 0 heterocycles. The first-order valence-corrected chi connectivity index (χ1v) is 4.34. The quantitative estimate of drug-likeness (QED) is 0.656. The van der Waals surface area contributed by atoms with Crippen LogP contribution >= 0.6 is 0 Å². The molecule has 2 heteroatoms. The summed E-state index contributed by atoms with van der Waals surface area (Å²) < 4.78 is 0. The Morgan fingerprint density at radius 2 is 2.00 bits per heavy atom. The summed E-state index contributed by atoms with van der Waals surface area (Å²) in [6, 6.07) is 0.0694. The highest BCUT2D eigenvalue weighted by atomic mass is 16.1. The second-order valence-corrected chi connectivity index (χ2v) is 3.19. The molecule has 0 aliphatic carbocycles. The Hall–Kier alpha value is -0.370. The first-order chi connectivity index (χ1) is 5.13. The fourth-order valence-corrected chi connectivity index (χ4v) is 1.12. The van der Waals surface area contributed by atoms with Gasteiger partial charge in [0, 0.05) is 5.92 Å². The zero-order valence-electron chi connectivity index (χ0n) is 7.98. The van der Waals surface area contributed by atoms with Crippen LogP contribution in [0.15, 0.2) is 0 Å². The van der Waals surface area contributed by atoms with Crippen molar-refractivity contribution in [1.82, 2.24) is 5.32 Å². The van der Waals surface area contributed by atoms with Crippen molar-refractivity contribution >= 4 is 5.78 Å². The van der Waals surface area contributed by atoms with Crippen molar-refractivity contribution in [3.8, 4) is 0 Å². The van der Waals surface area contributed by atoms with Crippen LogP contribution in [0.5, 0.6) is 0 Å². The normalized spacial score (nSPS) is 13.5. The molecule has 0 saturated heterocycles. The maximum absolute atomic E-state index is 11.4. The molecule has 0 aromatic carbocycles. The van der Waals surface area contributed by atoms with E-state index < -0.39 is 0 Å². The molecule has 0 aliphatic heterocycles. The van der Waals surface area contributed by atoms with Crippen molar-refractivity contribution in [3.05, 3.63) is 0 Å². The lowest BCUT2D eigenvalue weighted by Gasteiger charge is -2.15. The summed E-state index contributed by atoms with van der Waals surface area (Å²) in [5.74, 6) is 0.480. The summed E-state index contributed by atoms with van der Waals surface area (Å²) in [4.78, 5) is 11.4. The number of hydrogen-bond acceptors (Lipinski definition) is 2. The van der Waals surface area contributed by atoms with E-state index in [9.17, 15) is 4.79 Å². The molecular formula is C9H19NO. The van der Waals surface area contributed by atoms with Gasteiger partial charge >= 0.3 is 0 Å². The number of rotatable bonds is 5. The van der Waals surface area contributed by atoms with Crippen LogP contribution < -0.4 is 5.32 Å². The molecule has 66 valence electrons. The Kier molecular flexibility index (Phi) is 5.12.